The Bertz CT molecular complexity index is 776. The lowest BCUT2D eigenvalue weighted by Crippen LogP contribution is -2.36. The van der Waals surface area contributed by atoms with Gasteiger partial charge in [0.2, 0.25) is 11.5 Å². The Labute approximate surface area is 161 Å². The van der Waals surface area contributed by atoms with E-state index in [-0.39, 0.29) is 23.7 Å². The molecule has 1 saturated carbocycles. The van der Waals surface area contributed by atoms with Crippen LogP contribution in [-0.2, 0) is 0 Å². The van der Waals surface area contributed by atoms with Crippen LogP contribution >= 0.6 is 11.9 Å². The molecule has 27 heavy (non-hydrogen) atoms. The maximum Gasteiger partial charge on any atom is 0.249 e. The lowest BCUT2D eigenvalue weighted by atomic mass is 10.1. The molecule has 2 fully saturated rings. The molecule has 2 aliphatic rings. The summed E-state index contributed by atoms with van der Waals surface area (Å²) in [6.45, 7) is 1.69. The van der Waals surface area contributed by atoms with Crippen molar-refractivity contribution in [2.75, 3.05) is 24.4 Å². The van der Waals surface area contributed by atoms with Crippen LogP contribution in [0.1, 0.15) is 38.5 Å². The van der Waals surface area contributed by atoms with Crippen LogP contribution in [0.5, 0.6) is 0 Å². The van der Waals surface area contributed by atoms with Crippen molar-refractivity contribution in [1.29, 1.82) is 0 Å². The second-order valence-corrected chi connectivity index (χ2v) is 7.84. The SMILES string of the molecule is O=c1ccc2cnc(NC3CCN(SCF)CC3)nc2[nH]1.OC1CCCC1. The highest BCUT2D eigenvalue weighted by Gasteiger charge is 2.20. The van der Waals surface area contributed by atoms with E-state index in [0.717, 1.165) is 44.2 Å². The second-order valence-electron chi connectivity index (χ2n) is 6.84. The summed E-state index contributed by atoms with van der Waals surface area (Å²) in [5.41, 5.74) is 0.356. The Morgan fingerprint density at radius 1 is 1.26 bits per heavy atom. The number of aliphatic hydroxyl groups is 1. The van der Waals surface area contributed by atoms with E-state index in [0.29, 0.717) is 11.6 Å². The molecule has 0 amide bonds. The maximum absolute atomic E-state index is 12.3. The number of aromatic amines is 1. The molecular weight excluding hydrogens is 369 g/mol. The van der Waals surface area contributed by atoms with Crippen LogP contribution in [0.2, 0.25) is 0 Å². The Morgan fingerprint density at radius 3 is 2.63 bits per heavy atom. The highest BCUT2D eigenvalue weighted by molar-refractivity contribution is 7.96. The fraction of sp³-hybridized carbons (Fsp3) is 0.611. The van der Waals surface area contributed by atoms with E-state index in [9.17, 15) is 9.18 Å². The first-order valence-corrected chi connectivity index (χ1v) is 10.3. The minimum Gasteiger partial charge on any atom is -0.393 e. The number of H-pyrrole nitrogens is 1. The van der Waals surface area contributed by atoms with E-state index in [2.05, 4.69) is 20.3 Å². The standard InChI is InChI=1S/C13H16FN5OS.C5H10O/c14-8-21-19-5-3-10(4-6-19)16-13-15-7-9-1-2-11(20)17-12(9)18-13;6-5-3-1-2-4-5/h1-2,7,10H,3-6,8H2,(H2,15,16,17,18,20);5-6H,1-4H2. The summed E-state index contributed by atoms with van der Waals surface area (Å²) in [7, 11) is 0. The van der Waals surface area contributed by atoms with Gasteiger partial charge in [-0.25, -0.2) is 13.7 Å². The van der Waals surface area contributed by atoms with Crippen molar-refractivity contribution in [1.82, 2.24) is 19.3 Å². The van der Waals surface area contributed by atoms with Crippen molar-refractivity contribution in [3.8, 4) is 0 Å². The molecule has 148 valence electrons. The molecule has 0 spiro atoms. The molecule has 0 unspecified atom stereocenters. The van der Waals surface area contributed by atoms with Crippen LogP contribution in [0.4, 0.5) is 10.3 Å². The van der Waals surface area contributed by atoms with Gasteiger partial charge in [0.05, 0.1) is 6.10 Å². The van der Waals surface area contributed by atoms with E-state index in [4.69, 9.17) is 5.11 Å². The third-order valence-corrected chi connectivity index (χ3v) is 5.64. The summed E-state index contributed by atoms with van der Waals surface area (Å²) in [6.07, 6.45) is 8.13. The van der Waals surface area contributed by atoms with Gasteiger partial charge in [0, 0.05) is 36.8 Å². The van der Waals surface area contributed by atoms with Crippen molar-refractivity contribution in [3.63, 3.8) is 0 Å². The van der Waals surface area contributed by atoms with Crippen molar-refractivity contribution in [2.45, 2.75) is 50.7 Å². The number of nitrogens with one attached hydrogen (secondary N) is 2. The molecule has 0 bridgehead atoms. The number of anilines is 1. The molecule has 2 aromatic rings. The monoisotopic (exact) mass is 395 g/mol. The van der Waals surface area contributed by atoms with Crippen molar-refractivity contribution >= 4 is 28.9 Å². The maximum atomic E-state index is 12.3. The number of hydrogen-bond donors (Lipinski definition) is 3. The molecule has 4 rings (SSSR count). The number of pyridine rings is 1. The Hall–Kier alpha value is -1.71. The van der Waals surface area contributed by atoms with Crippen molar-refractivity contribution in [2.24, 2.45) is 0 Å². The molecule has 2 aromatic heterocycles. The largest absolute Gasteiger partial charge is 0.393 e. The summed E-state index contributed by atoms with van der Waals surface area (Å²) >= 11 is 1.23. The molecule has 0 aromatic carbocycles. The predicted octanol–water partition coefficient (Wildman–Crippen LogP) is 2.69. The summed E-state index contributed by atoms with van der Waals surface area (Å²) < 4.78 is 14.3. The summed E-state index contributed by atoms with van der Waals surface area (Å²) in [5.74, 6) is 0.515. The normalized spacial score (nSPS) is 19.0. The van der Waals surface area contributed by atoms with Gasteiger partial charge < -0.3 is 15.4 Å². The first-order chi connectivity index (χ1) is 13.1. The molecule has 0 radical (unpaired) electrons. The molecule has 1 saturated heterocycles. The van der Waals surface area contributed by atoms with Gasteiger partial charge >= 0.3 is 0 Å². The number of alkyl halides is 1. The first-order valence-electron chi connectivity index (χ1n) is 9.38. The molecule has 1 aliphatic heterocycles. The molecule has 1 aliphatic carbocycles. The zero-order chi connectivity index (χ0) is 19.1. The minimum absolute atomic E-state index is 0.0463. The van der Waals surface area contributed by atoms with Gasteiger partial charge in [-0.2, -0.15) is 4.98 Å². The molecule has 7 nitrogen and oxygen atoms in total. The second kappa shape index (κ2) is 10.0. The fourth-order valence-corrected chi connectivity index (χ4v) is 3.90. The number of hydrogen-bond acceptors (Lipinski definition) is 7. The molecular formula is C18H26FN5O2S. The van der Waals surface area contributed by atoms with Gasteiger partial charge in [0.25, 0.3) is 0 Å². The van der Waals surface area contributed by atoms with Crippen LogP contribution < -0.4 is 10.9 Å². The van der Waals surface area contributed by atoms with Gasteiger partial charge in [-0.1, -0.05) is 12.8 Å². The number of rotatable bonds is 4. The Kier molecular flexibility index (Phi) is 7.42. The van der Waals surface area contributed by atoms with E-state index < -0.39 is 0 Å². The Balaban J connectivity index is 0.000000299. The van der Waals surface area contributed by atoms with Crippen LogP contribution in [0.3, 0.4) is 0 Å². The molecule has 0 atom stereocenters. The number of aliphatic hydroxyl groups excluding tert-OH is 1. The predicted molar refractivity (Wildman–Crippen MR) is 106 cm³/mol. The number of halogens is 1. The molecule has 9 heteroatoms. The number of nitrogens with zero attached hydrogens (tertiary/aromatic N) is 3. The van der Waals surface area contributed by atoms with Gasteiger partial charge in [0.15, 0.2) is 0 Å². The molecule has 3 N–H and O–H groups in total. The smallest absolute Gasteiger partial charge is 0.249 e. The number of aromatic nitrogens is 3. The van der Waals surface area contributed by atoms with E-state index in [1.807, 2.05) is 4.31 Å². The van der Waals surface area contributed by atoms with Gasteiger partial charge in [0.1, 0.15) is 11.7 Å². The Morgan fingerprint density at radius 2 is 2.00 bits per heavy atom. The third kappa shape index (κ3) is 6.15. The third-order valence-electron chi connectivity index (χ3n) is 4.82. The van der Waals surface area contributed by atoms with E-state index in [1.165, 1.54) is 30.9 Å². The van der Waals surface area contributed by atoms with E-state index in [1.54, 1.807) is 12.3 Å². The minimum atomic E-state index is -0.376. The van der Waals surface area contributed by atoms with Crippen LogP contribution in [0, 0.1) is 0 Å². The zero-order valence-corrected chi connectivity index (χ0v) is 16.1. The van der Waals surface area contributed by atoms with Crippen molar-refractivity contribution in [3.05, 3.63) is 28.7 Å². The molecule has 3 heterocycles. The average molecular weight is 396 g/mol. The average Bonchev–Trinajstić information content (AvgIpc) is 3.15. The topological polar surface area (TPSA) is 94.1 Å². The van der Waals surface area contributed by atoms with Gasteiger partial charge in [-0.15, -0.1) is 0 Å². The van der Waals surface area contributed by atoms with Crippen LogP contribution in [0.25, 0.3) is 11.0 Å². The quantitative estimate of drug-likeness (QED) is 0.685. The summed E-state index contributed by atoms with van der Waals surface area (Å²) in [4.78, 5) is 22.6. The number of piperidine rings is 1. The lowest BCUT2D eigenvalue weighted by molar-refractivity contribution is 0.183. The van der Waals surface area contributed by atoms with Gasteiger partial charge in [-0.05, 0) is 43.7 Å². The highest BCUT2D eigenvalue weighted by atomic mass is 32.2. The van der Waals surface area contributed by atoms with E-state index >= 15 is 0 Å². The lowest BCUT2D eigenvalue weighted by Gasteiger charge is -2.30. The fourth-order valence-electron chi connectivity index (χ4n) is 3.29. The van der Waals surface area contributed by atoms with Crippen molar-refractivity contribution < 1.29 is 9.50 Å². The summed E-state index contributed by atoms with van der Waals surface area (Å²) in [6, 6.07) is 3.05. The highest BCUT2D eigenvalue weighted by Crippen LogP contribution is 2.20. The van der Waals surface area contributed by atoms with Crippen LogP contribution in [-0.4, -0.2) is 55.6 Å². The first kappa shape index (κ1) is 20.0. The number of fused-ring (bicyclic) bond motifs is 1. The van der Waals surface area contributed by atoms with Crippen LogP contribution in [0.15, 0.2) is 23.1 Å². The van der Waals surface area contributed by atoms with Gasteiger partial charge in [-0.3, -0.25) is 4.79 Å². The zero-order valence-electron chi connectivity index (χ0n) is 15.2. The summed E-state index contributed by atoms with van der Waals surface area (Å²) in [5, 5.41) is 12.8.